The van der Waals surface area contributed by atoms with Crippen LogP contribution in [-0.4, -0.2) is 28.7 Å². The summed E-state index contributed by atoms with van der Waals surface area (Å²) in [6, 6.07) is 9.33. The molecule has 0 bridgehead atoms. The lowest BCUT2D eigenvalue weighted by Gasteiger charge is -2.07. The number of aromatic nitrogens is 1. The van der Waals surface area contributed by atoms with Crippen LogP contribution in [0.1, 0.15) is 26.3 Å². The van der Waals surface area contributed by atoms with Crippen LogP contribution >= 0.6 is 0 Å². The zero-order valence-corrected chi connectivity index (χ0v) is 11.3. The van der Waals surface area contributed by atoms with Crippen molar-refractivity contribution in [1.82, 2.24) is 4.57 Å². The molecule has 6 heteroatoms. The molecule has 0 saturated heterocycles. The van der Waals surface area contributed by atoms with Crippen molar-refractivity contribution in [3.63, 3.8) is 0 Å². The Kier molecular flexibility index (Phi) is 4.18. The number of carbonyl (C=O) groups is 2. The summed E-state index contributed by atoms with van der Waals surface area (Å²) >= 11 is 0. The SMILES string of the molecule is COC(=O)c1ccc(Cn2cccc(C(=O)O)c2=O)cc1. The Morgan fingerprint density at radius 1 is 1.19 bits per heavy atom. The number of hydrogen-bond acceptors (Lipinski definition) is 4. The second kappa shape index (κ2) is 6.04. The largest absolute Gasteiger partial charge is 0.477 e. The minimum Gasteiger partial charge on any atom is -0.477 e. The summed E-state index contributed by atoms with van der Waals surface area (Å²) in [6.07, 6.45) is 1.52. The number of carboxylic acid groups (broad SMARTS) is 1. The molecule has 0 aliphatic heterocycles. The number of carbonyl (C=O) groups excluding carboxylic acids is 1. The van der Waals surface area contributed by atoms with Gasteiger partial charge in [-0.1, -0.05) is 12.1 Å². The minimum absolute atomic E-state index is 0.224. The molecule has 21 heavy (non-hydrogen) atoms. The summed E-state index contributed by atoms with van der Waals surface area (Å²) in [5.41, 5.74) is 0.339. The summed E-state index contributed by atoms with van der Waals surface area (Å²) in [4.78, 5) is 34.2. The van der Waals surface area contributed by atoms with Crippen molar-refractivity contribution in [3.8, 4) is 0 Å². The van der Waals surface area contributed by atoms with E-state index in [1.165, 1.54) is 30.0 Å². The van der Waals surface area contributed by atoms with Crippen LogP contribution < -0.4 is 5.56 Å². The monoisotopic (exact) mass is 287 g/mol. The van der Waals surface area contributed by atoms with Crippen molar-refractivity contribution >= 4 is 11.9 Å². The first-order valence-corrected chi connectivity index (χ1v) is 6.13. The van der Waals surface area contributed by atoms with Crippen LogP contribution in [0.2, 0.25) is 0 Å². The number of hydrogen-bond donors (Lipinski definition) is 1. The number of benzene rings is 1. The Morgan fingerprint density at radius 2 is 1.86 bits per heavy atom. The molecule has 0 unspecified atom stereocenters. The van der Waals surface area contributed by atoms with Crippen molar-refractivity contribution in [1.29, 1.82) is 0 Å². The van der Waals surface area contributed by atoms with Crippen molar-refractivity contribution in [2.75, 3.05) is 7.11 Å². The fourth-order valence-electron chi connectivity index (χ4n) is 1.88. The zero-order valence-electron chi connectivity index (χ0n) is 11.3. The normalized spacial score (nSPS) is 10.1. The molecule has 0 radical (unpaired) electrons. The Labute approximate surface area is 120 Å². The third kappa shape index (κ3) is 3.17. The smallest absolute Gasteiger partial charge is 0.341 e. The van der Waals surface area contributed by atoms with E-state index in [4.69, 9.17) is 5.11 Å². The average Bonchev–Trinajstić information content (AvgIpc) is 2.49. The molecule has 0 aliphatic rings. The van der Waals surface area contributed by atoms with Gasteiger partial charge in [0.25, 0.3) is 5.56 Å². The Hall–Kier alpha value is -2.89. The number of pyridine rings is 1. The van der Waals surface area contributed by atoms with Crippen LogP contribution in [-0.2, 0) is 11.3 Å². The number of methoxy groups -OCH3 is 1. The number of nitrogens with zero attached hydrogens (tertiary/aromatic N) is 1. The van der Waals surface area contributed by atoms with Crippen molar-refractivity contribution in [2.24, 2.45) is 0 Å². The average molecular weight is 287 g/mol. The summed E-state index contributed by atoms with van der Waals surface area (Å²) in [7, 11) is 1.30. The quantitative estimate of drug-likeness (QED) is 0.859. The lowest BCUT2D eigenvalue weighted by Crippen LogP contribution is -2.25. The highest BCUT2D eigenvalue weighted by Gasteiger charge is 2.10. The zero-order chi connectivity index (χ0) is 15.4. The van der Waals surface area contributed by atoms with Gasteiger partial charge >= 0.3 is 11.9 Å². The lowest BCUT2D eigenvalue weighted by molar-refractivity contribution is 0.0599. The fraction of sp³-hybridized carbons (Fsp3) is 0.133. The van der Waals surface area contributed by atoms with Gasteiger partial charge in [-0.15, -0.1) is 0 Å². The first-order chi connectivity index (χ1) is 10.0. The number of carboxylic acids is 1. The third-order valence-electron chi connectivity index (χ3n) is 2.98. The summed E-state index contributed by atoms with van der Waals surface area (Å²) < 4.78 is 5.90. The first-order valence-electron chi connectivity index (χ1n) is 6.13. The van der Waals surface area contributed by atoms with E-state index in [2.05, 4.69) is 4.74 Å². The fourth-order valence-corrected chi connectivity index (χ4v) is 1.88. The van der Waals surface area contributed by atoms with E-state index in [1.807, 2.05) is 0 Å². The lowest BCUT2D eigenvalue weighted by atomic mass is 10.1. The van der Waals surface area contributed by atoms with Gasteiger partial charge in [0.2, 0.25) is 0 Å². The van der Waals surface area contributed by atoms with E-state index in [0.717, 1.165) is 5.56 Å². The van der Waals surface area contributed by atoms with Gasteiger partial charge in [-0.25, -0.2) is 9.59 Å². The Bertz CT molecular complexity index is 730. The Balaban J connectivity index is 2.27. The van der Waals surface area contributed by atoms with E-state index in [9.17, 15) is 14.4 Å². The molecule has 0 fully saturated rings. The molecule has 2 aromatic rings. The number of aromatic carboxylic acids is 1. The van der Waals surface area contributed by atoms with Crippen LogP contribution in [0.3, 0.4) is 0 Å². The summed E-state index contributed by atoms with van der Waals surface area (Å²) in [5.74, 6) is -1.69. The number of rotatable bonds is 4. The topological polar surface area (TPSA) is 85.6 Å². The molecule has 108 valence electrons. The molecule has 1 aromatic heterocycles. The molecule has 0 aliphatic carbocycles. The van der Waals surface area contributed by atoms with Crippen molar-refractivity contribution in [2.45, 2.75) is 6.54 Å². The van der Waals surface area contributed by atoms with Gasteiger partial charge in [0.1, 0.15) is 5.56 Å². The molecular weight excluding hydrogens is 274 g/mol. The van der Waals surface area contributed by atoms with Gasteiger partial charge in [0.05, 0.1) is 19.2 Å². The summed E-state index contributed by atoms with van der Waals surface area (Å²) in [5, 5.41) is 8.92. The Morgan fingerprint density at radius 3 is 2.43 bits per heavy atom. The molecule has 0 atom stereocenters. The van der Waals surface area contributed by atoms with Crippen molar-refractivity contribution < 1.29 is 19.4 Å². The highest BCUT2D eigenvalue weighted by atomic mass is 16.5. The molecule has 2 rings (SSSR count). The second-order valence-electron chi connectivity index (χ2n) is 4.35. The van der Waals surface area contributed by atoms with Gasteiger partial charge in [-0.2, -0.15) is 0 Å². The highest BCUT2D eigenvalue weighted by molar-refractivity contribution is 5.89. The maximum Gasteiger partial charge on any atom is 0.341 e. The molecule has 1 N–H and O–H groups in total. The van der Waals surface area contributed by atoms with Crippen LogP contribution in [0, 0.1) is 0 Å². The number of esters is 1. The second-order valence-corrected chi connectivity index (χ2v) is 4.35. The molecular formula is C15H13NO5. The maximum atomic E-state index is 11.9. The van der Waals surface area contributed by atoms with Gasteiger partial charge < -0.3 is 14.4 Å². The number of ether oxygens (including phenoxy) is 1. The summed E-state index contributed by atoms with van der Waals surface area (Å²) in [6.45, 7) is 0.224. The van der Waals surface area contributed by atoms with E-state index in [0.29, 0.717) is 5.56 Å². The molecule has 6 nitrogen and oxygen atoms in total. The van der Waals surface area contributed by atoms with Gasteiger partial charge in [-0.05, 0) is 29.8 Å². The highest BCUT2D eigenvalue weighted by Crippen LogP contribution is 2.07. The maximum absolute atomic E-state index is 11.9. The van der Waals surface area contributed by atoms with E-state index in [1.54, 1.807) is 24.3 Å². The van der Waals surface area contributed by atoms with Crippen LogP contribution in [0.25, 0.3) is 0 Å². The molecule has 0 spiro atoms. The van der Waals surface area contributed by atoms with Crippen LogP contribution in [0.4, 0.5) is 0 Å². The first kappa shape index (κ1) is 14.5. The predicted octanol–water partition coefficient (Wildman–Crippen LogP) is 1.38. The van der Waals surface area contributed by atoms with Gasteiger partial charge in [0.15, 0.2) is 0 Å². The molecule has 0 amide bonds. The molecule has 1 aromatic carbocycles. The minimum atomic E-state index is -1.25. The molecule has 1 heterocycles. The standard InChI is InChI=1S/C15H13NO5/c1-21-15(20)11-6-4-10(5-7-11)9-16-8-2-3-12(13(16)17)14(18)19/h2-8H,9H2,1H3,(H,18,19). The van der Waals surface area contributed by atoms with Crippen molar-refractivity contribution in [3.05, 3.63) is 69.6 Å². The van der Waals surface area contributed by atoms with Gasteiger partial charge in [-0.3, -0.25) is 4.79 Å². The van der Waals surface area contributed by atoms with Gasteiger partial charge in [0, 0.05) is 6.20 Å². The van der Waals surface area contributed by atoms with E-state index < -0.39 is 17.5 Å². The van der Waals surface area contributed by atoms with Crippen LogP contribution in [0.15, 0.2) is 47.4 Å². The predicted molar refractivity (Wildman–Crippen MR) is 74.5 cm³/mol. The van der Waals surface area contributed by atoms with E-state index >= 15 is 0 Å². The van der Waals surface area contributed by atoms with Crippen LogP contribution in [0.5, 0.6) is 0 Å². The van der Waals surface area contributed by atoms with E-state index in [-0.39, 0.29) is 12.1 Å². The molecule has 0 saturated carbocycles. The third-order valence-corrected chi connectivity index (χ3v) is 2.98.